The van der Waals surface area contributed by atoms with Crippen LogP contribution in [-0.4, -0.2) is 17.4 Å². The second-order valence-corrected chi connectivity index (χ2v) is 5.67. The fourth-order valence-electron chi connectivity index (χ4n) is 2.31. The fraction of sp³-hybridized carbons (Fsp3) is 0.500. The van der Waals surface area contributed by atoms with Crippen molar-refractivity contribution in [1.82, 2.24) is 4.90 Å². The lowest BCUT2D eigenvalue weighted by Gasteiger charge is -2.25. The third-order valence-corrected chi connectivity index (χ3v) is 3.67. The molecule has 0 saturated carbocycles. The molecule has 2 nitrogen and oxygen atoms in total. The number of carbonyl (C=O) groups excluding carboxylic acids is 1. The van der Waals surface area contributed by atoms with E-state index in [1.54, 1.807) is 0 Å². The van der Waals surface area contributed by atoms with Gasteiger partial charge < -0.3 is 4.90 Å². The molecule has 18 heavy (non-hydrogen) atoms. The van der Waals surface area contributed by atoms with Crippen molar-refractivity contribution in [3.05, 3.63) is 34.1 Å². The van der Waals surface area contributed by atoms with Crippen molar-refractivity contribution in [3.8, 4) is 0 Å². The minimum atomic E-state index is -0.265. The van der Waals surface area contributed by atoms with Gasteiger partial charge in [-0.3, -0.25) is 4.79 Å². The normalized spacial score (nSPS) is 17.4. The molecule has 1 aromatic rings. The number of hydrogen-bond acceptors (Lipinski definition) is 1. The van der Waals surface area contributed by atoms with Crippen molar-refractivity contribution in [2.24, 2.45) is 0 Å². The monoisotopic (exact) mass is 313 g/mol. The van der Waals surface area contributed by atoms with Crippen LogP contribution in [-0.2, 0) is 11.3 Å². The van der Waals surface area contributed by atoms with E-state index in [2.05, 4.69) is 15.9 Å². The van der Waals surface area contributed by atoms with Crippen LogP contribution in [0.25, 0.3) is 0 Å². The predicted octanol–water partition coefficient (Wildman–Crippen LogP) is 3.88. The Morgan fingerprint density at radius 2 is 1.94 bits per heavy atom. The Morgan fingerprint density at radius 1 is 1.17 bits per heavy atom. The van der Waals surface area contributed by atoms with Crippen LogP contribution in [0.4, 0.5) is 4.39 Å². The largest absolute Gasteiger partial charge is 0.338 e. The SMILES string of the molecule is O=C1CCCCCCN1Cc1cc(F)cc(Br)c1. The molecule has 1 saturated heterocycles. The summed E-state index contributed by atoms with van der Waals surface area (Å²) in [4.78, 5) is 13.8. The van der Waals surface area contributed by atoms with E-state index in [1.165, 1.54) is 18.6 Å². The van der Waals surface area contributed by atoms with E-state index >= 15 is 0 Å². The van der Waals surface area contributed by atoms with Crippen LogP contribution >= 0.6 is 15.9 Å². The van der Waals surface area contributed by atoms with Crippen molar-refractivity contribution in [1.29, 1.82) is 0 Å². The number of likely N-dealkylation sites (tertiary alicyclic amines) is 1. The molecule has 0 N–H and O–H groups in total. The van der Waals surface area contributed by atoms with Crippen LogP contribution in [0.3, 0.4) is 0 Å². The van der Waals surface area contributed by atoms with Crippen molar-refractivity contribution in [2.45, 2.75) is 38.6 Å². The second kappa shape index (κ2) is 6.32. The van der Waals surface area contributed by atoms with Crippen molar-refractivity contribution >= 4 is 21.8 Å². The first-order valence-electron chi connectivity index (χ1n) is 6.38. The smallest absolute Gasteiger partial charge is 0.222 e. The number of benzene rings is 1. The number of hydrogen-bond donors (Lipinski definition) is 0. The summed E-state index contributed by atoms with van der Waals surface area (Å²) >= 11 is 3.28. The standard InChI is InChI=1S/C14H17BrFNO/c15-12-7-11(8-13(16)9-12)10-17-6-4-2-1-3-5-14(17)18/h7-9H,1-6,10H2. The maximum Gasteiger partial charge on any atom is 0.222 e. The first-order valence-corrected chi connectivity index (χ1v) is 7.17. The summed E-state index contributed by atoms with van der Waals surface area (Å²) in [7, 11) is 0. The molecule has 0 unspecified atom stereocenters. The maximum absolute atomic E-state index is 13.3. The zero-order valence-corrected chi connectivity index (χ0v) is 11.9. The Hall–Kier alpha value is -0.900. The summed E-state index contributed by atoms with van der Waals surface area (Å²) in [6.07, 6.45) is 4.96. The highest BCUT2D eigenvalue weighted by Gasteiger charge is 2.16. The zero-order chi connectivity index (χ0) is 13.0. The van der Waals surface area contributed by atoms with Gasteiger partial charge in [-0.1, -0.05) is 28.8 Å². The quantitative estimate of drug-likeness (QED) is 0.811. The number of carbonyl (C=O) groups is 1. The first-order chi connectivity index (χ1) is 8.65. The number of halogens is 2. The molecular formula is C14H17BrFNO. The molecule has 0 aromatic heterocycles. The lowest BCUT2D eigenvalue weighted by molar-refractivity contribution is -0.132. The molecule has 0 bridgehead atoms. The molecule has 2 rings (SSSR count). The highest BCUT2D eigenvalue weighted by atomic mass is 79.9. The molecule has 0 radical (unpaired) electrons. The summed E-state index contributed by atoms with van der Waals surface area (Å²) in [5, 5.41) is 0. The molecular weight excluding hydrogens is 297 g/mol. The summed E-state index contributed by atoms with van der Waals surface area (Å²) in [6.45, 7) is 1.29. The second-order valence-electron chi connectivity index (χ2n) is 4.76. The van der Waals surface area contributed by atoms with Gasteiger partial charge in [0.1, 0.15) is 5.82 Å². The van der Waals surface area contributed by atoms with E-state index in [-0.39, 0.29) is 11.7 Å². The molecule has 0 spiro atoms. The predicted molar refractivity (Wildman–Crippen MR) is 72.6 cm³/mol. The lowest BCUT2D eigenvalue weighted by atomic mass is 10.1. The van der Waals surface area contributed by atoms with Crippen molar-refractivity contribution < 1.29 is 9.18 Å². The van der Waals surface area contributed by atoms with E-state index < -0.39 is 0 Å². The molecule has 0 atom stereocenters. The number of amides is 1. The summed E-state index contributed by atoms with van der Waals surface area (Å²) in [5.41, 5.74) is 0.843. The molecule has 0 aliphatic carbocycles. The summed E-state index contributed by atoms with van der Waals surface area (Å²) < 4.78 is 14.0. The lowest BCUT2D eigenvalue weighted by Crippen LogP contribution is -2.32. The summed E-state index contributed by atoms with van der Waals surface area (Å²) in [5.74, 6) is -0.0750. The third-order valence-electron chi connectivity index (χ3n) is 3.22. The first kappa shape index (κ1) is 13.5. The van der Waals surface area contributed by atoms with Crippen molar-refractivity contribution in [3.63, 3.8) is 0 Å². The molecule has 1 aromatic carbocycles. The average molecular weight is 314 g/mol. The fourth-order valence-corrected chi connectivity index (χ4v) is 2.82. The van der Waals surface area contributed by atoms with Gasteiger partial charge in [-0.2, -0.15) is 0 Å². The molecule has 4 heteroatoms. The van der Waals surface area contributed by atoms with Crippen LogP contribution in [0.5, 0.6) is 0 Å². The van der Waals surface area contributed by atoms with Crippen LogP contribution in [0.15, 0.2) is 22.7 Å². The van der Waals surface area contributed by atoms with Gasteiger partial charge >= 0.3 is 0 Å². The van der Waals surface area contributed by atoms with Crippen LogP contribution in [0.2, 0.25) is 0 Å². The van der Waals surface area contributed by atoms with E-state index in [9.17, 15) is 9.18 Å². The van der Waals surface area contributed by atoms with Gasteiger partial charge in [0.2, 0.25) is 5.91 Å². The van der Waals surface area contributed by atoms with Gasteiger partial charge in [0.05, 0.1) is 0 Å². The van der Waals surface area contributed by atoms with Gasteiger partial charge in [-0.05, 0) is 36.6 Å². The van der Waals surface area contributed by atoms with Gasteiger partial charge in [0.15, 0.2) is 0 Å². The number of nitrogens with zero attached hydrogens (tertiary/aromatic N) is 1. The average Bonchev–Trinajstić information content (AvgIpc) is 2.28. The summed E-state index contributed by atoms with van der Waals surface area (Å²) in [6, 6.07) is 4.80. The third kappa shape index (κ3) is 3.80. The van der Waals surface area contributed by atoms with Crippen LogP contribution < -0.4 is 0 Å². The highest BCUT2D eigenvalue weighted by Crippen LogP contribution is 2.18. The van der Waals surface area contributed by atoms with Gasteiger partial charge in [0, 0.05) is 24.0 Å². The minimum Gasteiger partial charge on any atom is -0.338 e. The molecule has 98 valence electrons. The Morgan fingerprint density at radius 3 is 2.72 bits per heavy atom. The van der Waals surface area contributed by atoms with E-state index in [0.717, 1.165) is 35.8 Å². The highest BCUT2D eigenvalue weighted by molar-refractivity contribution is 9.10. The van der Waals surface area contributed by atoms with Gasteiger partial charge in [-0.15, -0.1) is 0 Å². The minimum absolute atomic E-state index is 0.190. The molecule has 1 fully saturated rings. The van der Waals surface area contributed by atoms with Crippen LogP contribution in [0, 0.1) is 5.82 Å². The van der Waals surface area contributed by atoms with Gasteiger partial charge in [-0.25, -0.2) is 4.39 Å². The van der Waals surface area contributed by atoms with E-state index in [0.29, 0.717) is 13.0 Å². The van der Waals surface area contributed by atoms with Crippen LogP contribution in [0.1, 0.15) is 37.7 Å². The topological polar surface area (TPSA) is 20.3 Å². The van der Waals surface area contributed by atoms with Crippen molar-refractivity contribution in [2.75, 3.05) is 6.54 Å². The number of rotatable bonds is 2. The molecule has 1 heterocycles. The van der Waals surface area contributed by atoms with E-state index in [4.69, 9.17) is 0 Å². The molecule has 1 amide bonds. The Kier molecular flexibility index (Phi) is 4.75. The Bertz CT molecular complexity index is 416. The Balaban J connectivity index is 2.07. The van der Waals surface area contributed by atoms with Gasteiger partial charge in [0.25, 0.3) is 0 Å². The van der Waals surface area contributed by atoms with E-state index in [1.807, 2.05) is 11.0 Å². The maximum atomic E-state index is 13.3. The molecule has 1 aliphatic rings. The molecule has 1 aliphatic heterocycles. The Labute approximate surface area is 115 Å². The zero-order valence-electron chi connectivity index (χ0n) is 10.3.